The highest BCUT2D eigenvalue weighted by Crippen LogP contribution is 2.09. The average Bonchev–Trinajstić information content (AvgIpc) is 3.04. The van der Waals surface area contributed by atoms with Gasteiger partial charge in [-0.25, -0.2) is 0 Å². The minimum absolute atomic E-state index is 0.0386. The number of carboxylic acids is 1. The van der Waals surface area contributed by atoms with Gasteiger partial charge in [-0.15, -0.1) is 0 Å². The molecular formula is C33H54N10O8. The number of hydrogen-bond donors (Lipinski definition) is 10. The van der Waals surface area contributed by atoms with Crippen molar-refractivity contribution in [2.24, 2.45) is 28.1 Å². The Kier molecular flexibility index (Phi) is 18.7. The first kappa shape index (κ1) is 43.8. The Labute approximate surface area is 297 Å². The molecule has 0 saturated carbocycles. The van der Waals surface area contributed by atoms with E-state index >= 15 is 0 Å². The van der Waals surface area contributed by atoms with Gasteiger partial charge < -0.3 is 54.2 Å². The maximum absolute atomic E-state index is 13.5. The largest absolute Gasteiger partial charge is 0.480 e. The molecule has 0 spiro atoms. The molecular weight excluding hydrogens is 664 g/mol. The van der Waals surface area contributed by atoms with E-state index in [0.29, 0.717) is 0 Å². The Bertz CT molecular complexity index is 1380. The first-order chi connectivity index (χ1) is 23.8. The van der Waals surface area contributed by atoms with Crippen molar-refractivity contribution in [2.45, 2.75) is 110 Å². The molecule has 0 aliphatic carbocycles. The van der Waals surface area contributed by atoms with Crippen molar-refractivity contribution >= 4 is 47.4 Å². The number of carboxylic acid groups (broad SMARTS) is 1. The maximum Gasteiger partial charge on any atom is 0.325 e. The lowest BCUT2D eigenvalue weighted by Crippen LogP contribution is -2.59. The minimum atomic E-state index is -1.27. The van der Waals surface area contributed by atoms with E-state index in [1.165, 1.54) is 27.7 Å². The predicted octanol–water partition coefficient (Wildman–Crippen LogP) is -2.27. The number of hydrogen-bond acceptors (Lipinski definition) is 9. The lowest BCUT2D eigenvalue weighted by atomic mass is 10.0. The van der Waals surface area contributed by atoms with Crippen LogP contribution in [0.15, 0.2) is 35.3 Å². The summed E-state index contributed by atoms with van der Waals surface area (Å²) in [7, 11) is 0. The van der Waals surface area contributed by atoms with Gasteiger partial charge in [-0.2, -0.15) is 0 Å². The van der Waals surface area contributed by atoms with Crippen LogP contribution >= 0.6 is 0 Å². The summed E-state index contributed by atoms with van der Waals surface area (Å²) in [5.74, 6) is -5.61. The molecule has 0 aromatic heterocycles. The molecule has 18 heteroatoms. The van der Waals surface area contributed by atoms with Crippen LogP contribution in [0.1, 0.15) is 66.4 Å². The number of carbonyl (C=O) groups excluding carboxylic acids is 6. The third-order valence-electron chi connectivity index (χ3n) is 7.48. The summed E-state index contributed by atoms with van der Waals surface area (Å²) in [5.41, 5.74) is 17.2. The Morgan fingerprint density at radius 3 is 1.63 bits per heavy atom. The van der Waals surface area contributed by atoms with Crippen molar-refractivity contribution in [1.29, 1.82) is 0 Å². The second-order valence-electron chi connectivity index (χ2n) is 12.8. The van der Waals surface area contributed by atoms with Gasteiger partial charge in [-0.3, -0.25) is 38.6 Å². The minimum Gasteiger partial charge on any atom is -0.480 e. The second-order valence-corrected chi connectivity index (χ2v) is 12.8. The number of nitrogens with one attached hydrogen (secondary N) is 6. The Hall–Kier alpha value is -5.26. The molecule has 0 aliphatic rings. The van der Waals surface area contributed by atoms with Crippen molar-refractivity contribution in [3.05, 3.63) is 35.9 Å². The highest BCUT2D eigenvalue weighted by molar-refractivity contribution is 5.96. The molecule has 18 nitrogen and oxygen atoms in total. The lowest BCUT2D eigenvalue weighted by molar-refractivity contribution is -0.141. The van der Waals surface area contributed by atoms with Crippen LogP contribution < -0.4 is 49.1 Å². The number of benzene rings is 1. The molecule has 0 aliphatic heterocycles. The summed E-state index contributed by atoms with van der Waals surface area (Å²) >= 11 is 0. The number of guanidine groups is 1. The van der Waals surface area contributed by atoms with E-state index in [9.17, 15) is 33.6 Å². The van der Waals surface area contributed by atoms with Gasteiger partial charge in [0.15, 0.2) is 5.96 Å². The number of carbonyl (C=O) groups is 7. The van der Waals surface area contributed by atoms with Gasteiger partial charge in [0, 0.05) is 13.0 Å². The zero-order valence-corrected chi connectivity index (χ0v) is 30.0. The second kappa shape index (κ2) is 21.7. The molecule has 7 atom stereocenters. The quantitative estimate of drug-likeness (QED) is 0.0367. The van der Waals surface area contributed by atoms with Crippen molar-refractivity contribution in [3.63, 3.8) is 0 Å². The van der Waals surface area contributed by atoms with Crippen molar-refractivity contribution in [1.82, 2.24) is 31.9 Å². The Balaban J connectivity index is 3.09. The topological polar surface area (TPSA) is 302 Å². The van der Waals surface area contributed by atoms with Crippen LogP contribution in [0.5, 0.6) is 0 Å². The van der Waals surface area contributed by atoms with Crippen LogP contribution in [-0.2, 0) is 40.0 Å². The smallest absolute Gasteiger partial charge is 0.325 e. The van der Waals surface area contributed by atoms with Crippen molar-refractivity contribution < 1.29 is 38.7 Å². The molecule has 284 valence electrons. The van der Waals surface area contributed by atoms with Crippen molar-refractivity contribution in [3.8, 4) is 0 Å². The first-order valence-electron chi connectivity index (χ1n) is 16.7. The van der Waals surface area contributed by atoms with Gasteiger partial charge in [0.1, 0.15) is 36.3 Å². The van der Waals surface area contributed by atoms with Crippen LogP contribution in [0.25, 0.3) is 0 Å². The molecule has 7 unspecified atom stereocenters. The average molecular weight is 719 g/mol. The first-order valence-corrected chi connectivity index (χ1v) is 16.7. The van der Waals surface area contributed by atoms with Gasteiger partial charge in [0.25, 0.3) is 0 Å². The lowest BCUT2D eigenvalue weighted by Gasteiger charge is -2.26. The van der Waals surface area contributed by atoms with Crippen LogP contribution in [0.2, 0.25) is 0 Å². The summed E-state index contributed by atoms with van der Waals surface area (Å²) < 4.78 is 0. The van der Waals surface area contributed by atoms with Gasteiger partial charge in [0.2, 0.25) is 35.4 Å². The Morgan fingerprint density at radius 1 is 0.647 bits per heavy atom. The molecule has 0 bridgehead atoms. The molecule has 1 rings (SSSR count). The zero-order chi connectivity index (χ0) is 38.8. The summed E-state index contributed by atoms with van der Waals surface area (Å²) in [5, 5.41) is 24.2. The molecule has 0 saturated heterocycles. The monoisotopic (exact) mass is 718 g/mol. The van der Waals surface area contributed by atoms with Crippen LogP contribution in [-0.4, -0.2) is 101 Å². The Morgan fingerprint density at radius 2 is 1.12 bits per heavy atom. The van der Waals surface area contributed by atoms with Crippen LogP contribution in [0.3, 0.4) is 0 Å². The fourth-order valence-electron chi connectivity index (χ4n) is 4.57. The van der Waals surface area contributed by atoms with E-state index in [1.807, 2.05) is 19.9 Å². The molecule has 0 heterocycles. The fourth-order valence-corrected chi connectivity index (χ4v) is 4.57. The number of amides is 6. The van der Waals surface area contributed by atoms with Gasteiger partial charge in [-0.1, -0.05) is 44.2 Å². The van der Waals surface area contributed by atoms with Crippen molar-refractivity contribution in [2.75, 3.05) is 6.54 Å². The maximum atomic E-state index is 13.5. The van der Waals surface area contributed by atoms with Gasteiger partial charge >= 0.3 is 5.97 Å². The zero-order valence-electron chi connectivity index (χ0n) is 30.0. The van der Waals surface area contributed by atoms with E-state index in [-0.39, 0.29) is 44.1 Å². The molecule has 13 N–H and O–H groups in total. The fraction of sp³-hybridized carbons (Fsp3) is 0.576. The highest BCUT2D eigenvalue weighted by Gasteiger charge is 2.31. The summed E-state index contributed by atoms with van der Waals surface area (Å²) in [6.07, 6.45) is 0.615. The molecule has 0 radical (unpaired) electrons. The van der Waals surface area contributed by atoms with E-state index in [0.717, 1.165) is 5.56 Å². The molecule has 1 aromatic rings. The molecule has 51 heavy (non-hydrogen) atoms. The predicted molar refractivity (Wildman–Crippen MR) is 189 cm³/mol. The molecule has 6 amide bonds. The van der Waals surface area contributed by atoms with Gasteiger partial charge in [0.05, 0.1) is 6.04 Å². The summed E-state index contributed by atoms with van der Waals surface area (Å²) in [6, 6.07) is 1.20. The standard InChI is InChI=1S/C33H54N10O8/c1-17(2)15-24(43-31(49)25(42-26(44)18(3)34)16-22-11-8-7-9-12-22)30(48)39-20(5)28(46)41-23(13-10-14-37-33(35)36)29(47)38-19(4)27(45)40-21(6)32(50)51/h7-9,11-12,17-21,23-25H,10,13-16,34H2,1-6H3,(H,38,47)(H,39,48)(H,40,45)(H,41,46)(H,42,44)(H,43,49)(H,50,51)(H4,35,36,37). The summed E-state index contributed by atoms with van der Waals surface area (Å²) in [6.45, 7) is 9.30. The number of nitrogens with zero attached hydrogens (tertiary/aromatic N) is 1. The number of rotatable bonds is 21. The number of nitrogens with two attached hydrogens (primary N) is 3. The molecule has 0 fully saturated rings. The van der Waals surface area contributed by atoms with E-state index < -0.39 is 83.7 Å². The van der Waals surface area contributed by atoms with E-state index in [4.69, 9.17) is 22.3 Å². The molecule has 1 aromatic carbocycles. The normalized spacial score (nSPS) is 15.0. The third kappa shape index (κ3) is 16.8. The number of aliphatic imine (C=N–C) groups is 1. The third-order valence-corrected chi connectivity index (χ3v) is 7.48. The SMILES string of the molecule is CC(C)CC(NC(=O)C(Cc1ccccc1)NC(=O)C(C)N)C(=O)NC(C)C(=O)NC(CCCN=C(N)N)C(=O)NC(C)C(=O)NC(C)C(=O)O. The van der Waals surface area contributed by atoms with E-state index in [2.05, 4.69) is 36.9 Å². The van der Waals surface area contributed by atoms with Crippen LogP contribution in [0.4, 0.5) is 0 Å². The highest BCUT2D eigenvalue weighted by atomic mass is 16.4. The van der Waals surface area contributed by atoms with Crippen LogP contribution in [0, 0.1) is 5.92 Å². The van der Waals surface area contributed by atoms with E-state index in [1.54, 1.807) is 24.3 Å². The number of aliphatic carboxylic acids is 1. The van der Waals surface area contributed by atoms with Gasteiger partial charge in [-0.05, 0) is 58.4 Å². The summed E-state index contributed by atoms with van der Waals surface area (Å²) in [4.78, 5) is 93.2.